The van der Waals surface area contributed by atoms with Crippen LogP contribution in [0.4, 0.5) is 19.0 Å². The van der Waals surface area contributed by atoms with Crippen molar-refractivity contribution in [2.45, 2.75) is 64.2 Å². The van der Waals surface area contributed by atoms with Crippen LogP contribution in [0.2, 0.25) is 0 Å². The molecule has 33 heavy (non-hydrogen) atoms. The molecule has 0 bridgehead atoms. The number of piperazine rings is 1. The number of ether oxygens (including phenoxy) is 1. The molecule has 3 aliphatic rings. The first-order chi connectivity index (χ1) is 15.7. The molecule has 1 aromatic heterocycles. The smallest absolute Gasteiger partial charge is 0.381 e. The molecule has 2 saturated heterocycles. The molecule has 1 amide bonds. The first-order valence-corrected chi connectivity index (χ1v) is 12.1. The number of hydrogen-bond donors (Lipinski definition) is 1. The van der Waals surface area contributed by atoms with Gasteiger partial charge in [0.1, 0.15) is 5.82 Å². The number of nitrogens with zero attached hydrogens (tertiary/aromatic N) is 3. The fourth-order valence-electron chi connectivity index (χ4n) is 5.60. The third kappa shape index (κ3) is 5.29. The molecular formula is C24H35F3N4O2. The van der Waals surface area contributed by atoms with Crippen LogP contribution < -0.4 is 10.2 Å². The van der Waals surface area contributed by atoms with E-state index >= 15 is 0 Å². The van der Waals surface area contributed by atoms with Crippen LogP contribution in [0.1, 0.15) is 51.5 Å². The summed E-state index contributed by atoms with van der Waals surface area (Å²) >= 11 is 0. The third-order valence-corrected chi connectivity index (χ3v) is 7.74. The van der Waals surface area contributed by atoms with Gasteiger partial charge in [-0.2, -0.15) is 13.2 Å². The molecule has 1 aliphatic carbocycles. The van der Waals surface area contributed by atoms with Gasteiger partial charge in [-0.25, -0.2) is 4.98 Å². The number of pyridine rings is 1. The molecule has 9 heteroatoms. The van der Waals surface area contributed by atoms with E-state index in [1.54, 1.807) is 0 Å². The summed E-state index contributed by atoms with van der Waals surface area (Å²) in [6.45, 7) is 7.84. The maximum atomic E-state index is 13.7. The molecule has 0 spiro atoms. The second-order valence-electron chi connectivity index (χ2n) is 9.98. The van der Waals surface area contributed by atoms with Crippen LogP contribution in [-0.2, 0) is 15.7 Å². The number of carbonyl (C=O) groups excluding carboxylic acids is 1. The van der Waals surface area contributed by atoms with Crippen molar-refractivity contribution in [3.05, 3.63) is 23.9 Å². The summed E-state index contributed by atoms with van der Waals surface area (Å²) in [7, 11) is 0. The van der Waals surface area contributed by atoms with Crippen LogP contribution in [0.25, 0.3) is 0 Å². The summed E-state index contributed by atoms with van der Waals surface area (Å²) in [6, 6.07) is 2.89. The topological polar surface area (TPSA) is 57.7 Å². The van der Waals surface area contributed by atoms with Gasteiger partial charge >= 0.3 is 6.18 Å². The molecule has 184 valence electrons. The molecule has 3 heterocycles. The lowest BCUT2D eigenvalue weighted by Crippen LogP contribution is -2.54. The molecule has 2 atom stereocenters. The number of amides is 1. The molecule has 3 fully saturated rings. The summed E-state index contributed by atoms with van der Waals surface area (Å²) in [4.78, 5) is 21.6. The fraction of sp³-hybridized carbons (Fsp3) is 0.750. The standard InChI is InChI=1S/C24H35F3N4O2/c1-17(2)23(7-3-20(16-23)29-19-5-13-33-14-6-19)22(32)31-11-9-30(10-12-31)21-15-18(4-8-28-21)24(25,26)27/h4,8,15,17,19-20,29H,3,5-7,9-14,16H2,1-2H3/t20-,23+/m1/s1. The van der Waals surface area contributed by atoms with Crippen molar-refractivity contribution >= 4 is 11.7 Å². The Hall–Kier alpha value is -1.87. The van der Waals surface area contributed by atoms with Gasteiger partial charge in [-0.15, -0.1) is 0 Å². The fourth-order valence-corrected chi connectivity index (χ4v) is 5.60. The summed E-state index contributed by atoms with van der Waals surface area (Å²) in [6.07, 6.45) is 1.56. The highest BCUT2D eigenvalue weighted by atomic mass is 19.4. The van der Waals surface area contributed by atoms with Gasteiger partial charge < -0.3 is 19.9 Å². The molecular weight excluding hydrogens is 433 g/mol. The molecule has 1 N–H and O–H groups in total. The zero-order chi connectivity index (χ0) is 23.6. The van der Waals surface area contributed by atoms with Crippen LogP contribution in [0.3, 0.4) is 0 Å². The summed E-state index contributed by atoms with van der Waals surface area (Å²) in [5, 5.41) is 3.77. The quantitative estimate of drug-likeness (QED) is 0.714. The minimum Gasteiger partial charge on any atom is -0.381 e. The number of carbonyl (C=O) groups is 1. The van der Waals surface area contributed by atoms with Crippen LogP contribution in [-0.4, -0.2) is 67.3 Å². The molecule has 0 unspecified atom stereocenters. The van der Waals surface area contributed by atoms with E-state index in [-0.39, 0.29) is 17.2 Å². The van der Waals surface area contributed by atoms with Gasteiger partial charge in [0.25, 0.3) is 0 Å². The van der Waals surface area contributed by atoms with Crippen LogP contribution in [0.15, 0.2) is 18.3 Å². The van der Waals surface area contributed by atoms with Gasteiger partial charge in [-0.3, -0.25) is 4.79 Å². The van der Waals surface area contributed by atoms with Gasteiger partial charge in [0, 0.05) is 57.7 Å². The Morgan fingerprint density at radius 1 is 1.15 bits per heavy atom. The van der Waals surface area contributed by atoms with Gasteiger partial charge in [0.05, 0.1) is 11.0 Å². The second-order valence-corrected chi connectivity index (χ2v) is 9.98. The largest absolute Gasteiger partial charge is 0.416 e. The normalized spacial score (nSPS) is 27.4. The lowest BCUT2D eigenvalue weighted by atomic mass is 9.74. The first-order valence-electron chi connectivity index (χ1n) is 12.1. The van der Waals surface area contributed by atoms with Crippen molar-refractivity contribution in [3.63, 3.8) is 0 Å². The van der Waals surface area contributed by atoms with E-state index < -0.39 is 11.7 Å². The van der Waals surface area contributed by atoms with E-state index in [4.69, 9.17) is 4.74 Å². The predicted molar refractivity (Wildman–Crippen MR) is 120 cm³/mol. The Balaban J connectivity index is 1.37. The Bertz CT molecular complexity index is 820. The van der Waals surface area contributed by atoms with Crippen molar-refractivity contribution in [3.8, 4) is 0 Å². The van der Waals surface area contributed by atoms with E-state index in [9.17, 15) is 18.0 Å². The predicted octanol–water partition coefficient (Wildman–Crippen LogP) is 3.71. The van der Waals surface area contributed by atoms with Gasteiger partial charge in [0.15, 0.2) is 0 Å². The number of alkyl halides is 3. The number of anilines is 1. The lowest BCUT2D eigenvalue weighted by molar-refractivity contribution is -0.145. The summed E-state index contributed by atoms with van der Waals surface area (Å²) in [5.74, 6) is 0.747. The average molecular weight is 469 g/mol. The SMILES string of the molecule is CC(C)[C@]1(C(=O)N2CCN(c3cc(C(F)(F)F)ccn3)CC2)CC[C@@H](NC2CCOCC2)C1. The summed E-state index contributed by atoms with van der Waals surface area (Å²) < 4.78 is 44.6. The highest BCUT2D eigenvalue weighted by Gasteiger charge is 2.49. The van der Waals surface area contributed by atoms with Crippen molar-refractivity contribution in [2.75, 3.05) is 44.3 Å². The minimum atomic E-state index is -4.39. The van der Waals surface area contributed by atoms with Crippen molar-refractivity contribution < 1.29 is 22.7 Å². The van der Waals surface area contributed by atoms with Gasteiger partial charge in [-0.1, -0.05) is 13.8 Å². The average Bonchev–Trinajstić information content (AvgIpc) is 3.24. The lowest BCUT2D eigenvalue weighted by Gasteiger charge is -2.42. The van der Waals surface area contributed by atoms with Crippen LogP contribution in [0, 0.1) is 11.3 Å². The highest BCUT2D eigenvalue weighted by molar-refractivity contribution is 5.84. The van der Waals surface area contributed by atoms with Gasteiger partial charge in [-0.05, 0) is 50.2 Å². The monoisotopic (exact) mass is 468 g/mol. The van der Waals surface area contributed by atoms with E-state index in [1.807, 2.05) is 9.80 Å². The van der Waals surface area contributed by atoms with E-state index in [2.05, 4.69) is 24.1 Å². The number of hydrogen-bond acceptors (Lipinski definition) is 5. The zero-order valence-electron chi connectivity index (χ0n) is 19.5. The maximum Gasteiger partial charge on any atom is 0.416 e. The minimum absolute atomic E-state index is 0.199. The molecule has 1 aromatic rings. The van der Waals surface area contributed by atoms with Crippen molar-refractivity contribution in [1.82, 2.24) is 15.2 Å². The molecule has 0 radical (unpaired) electrons. The second kappa shape index (κ2) is 9.78. The molecule has 2 aliphatic heterocycles. The molecule has 4 rings (SSSR count). The Morgan fingerprint density at radius 3 is 2.48 bits per heavy atom. The Kier molecular flexibility index (Phi) is 7.19. The zero-order valence-corrected chi connectivity index (χ0v) is 19.5. The maximum absolute atomic E-state index is 13.7. The van der Waals surface area contributed by atoms with E-state index in [1.165, 1.54) is 6.20 Å². The number of rotatable bonds is 5. The molecule has 0 aromatic carbocycles. The third-order valence-electron chi connectivity index (χ3n) is 7.74. The van der Waals surface area contributed by atoms with Crippen molar-refractivity contribution in [1.29, 1.82) is 0 Å². The van der Waals surface area contributed by atoms with Crippen LogP contribution >= 0.6 is 0 Å². The molecule has 1 saturated carbocycles. The first kappa shape index (κ1) is 24.3. The Labute approximate surface area is 193 Å². The van der Waals surface area contributed by atoms with Crippen LogP contribution in [0.5, 0.6) is 0 Å². The van der Waals surface area contributed by atoms with Gasteiger partial charge in [0.2, 0.25) is 5.91 Å². The van der Waals surface area contributed by atoms with E-state index in [0.717, 1.165) is 57.5 Å². The Morgan fingerprint density at radius 2 is 1.85 bits per heavy atom. The molecule has 6 nitrogen and oxygen atoms in total. The van der Waals surface area contributed by atoms with E-state index in [0.29, 0.717) is 44.1 Å². The summed E-state index contributed by atoms with van der Waals surface area (Å²) in [5.41, 5.74) is -1.07. The number of aromatic nitrogens is 1. The van der Waals surface area contributed by atoms with Crippen molar-refractivity contribution in [2.24, 2.45) is 11.3 Å². The number of halogens is 3. The number of nitrogens with one attached hydrogen (secondary N) is 1. The highest BCUT2D eigenvalue weighted by Crippen LogP contribution is 2.46.